The number of likely N-dealkylation sites (N-methyl/N-ethyl adjacent to an activating group) is 1. The molecule has 4 aliphatic heterocycles. The number of fused-ring (bicyclic) bond motifs is 3. The number of likely N-dealkylation sites (tertiary alicyclic amines) is 1. The Morgan fingerprint density at radius 3 is 2.50 bits per heavy atom. The van der Waals surface area contributed by atoms with E-state index in [0.717, 1.165) is 18.1 Å². The first-order valence-corrected chi connectivity index (χ1v) is 6.08. The van der Waals surface area contributed by atoms with Gasteiger partial charge in [-0.25, -0.2) is 0 Å². The summed E-state index contributed by atoms with van der Waals surface area (Å²) in [6.45, 7) is 8.69. The third-order valence-corrected chi connectivity index (χ3v) is 4.24. The van der Waals surface area contributed by atoms with Crippen LogP contribution >= 0.6 is 0 Å². The summed E-state index contributed by atoms with van der Waals surface area (Å²) in [6, 6.07) is 2.53. The first-order chi connectivity index (χ1) is 6.86. The van der Waals surface area contributed by atoms with Gasteiger partial charge in [0.15, 0.2) is 0 Å². The molecule has 3 heteroatoms. The molecular weight excluding hydrogens is 174 g/mol. The van der Waals surface area contributed by atoms with Crippen molar-refractivity contribution in [2.45, 2.75) is 37.9 Å². The van der Waals surface area contributed by atoms with Crippen LogP contribution in [-0.4, -0.2) is 60.6 Å². The monoisotopic (exact) mass is 195 g/mol. The lowest BCUT2D eigenvalue weighted by Gasteiger charge is -2.54. The molecule has 4 saturated heterocycles. The Balaban J connectivity index is 1.59. The molecule has 80 valence electrons. The summed E-state index contributed by atoms with van der Waals surface area (Å²) in [5.74, 6) is 0. The van der Waals surface area contributed by atoms with Gasteiger partial charge in [-0.15, -0.1) is 0 Å². The molecule has 0 aromatic rings. The van der Waals surface area contributed by atoms with Gasteiger partial charge in [0, 0.05) is 44.3 Å². The minimum Gasteiger partial charge on any atom is -0.311 e. The summed E-state index contributed by atoms with van der Waals surface area (Å²) in [5.41, 5.74) is 0. The molecule has 2 atom stereocenters. The van der Waals surface area contributed by atoms with Gasteiger partial charge in [0.2, 0.25) is 0 Å². The minimum atomic E-state index is 0.802. The number of piperazine rings is 1. The molecule has 14 heavy (non-hydrogen) atoms. The van der Waals surface area contributed by atoms with Crippen LogP contribution < -0.4 is 5.32 Å². The van der Waals surface area contributed by atoms with E-state index in [1.165, 1.54) is 45.6 Å². The van der Waals surface area contributed by atoms with Gasteiger partial charge in [0.25, 0.3) is 0 Å². The van der Waals surface area contributed by atoms with E-state index in [9.17, 15) is 0 Å². The van der Waals surface area contributed by atoms with E-state index in [0.29, 0.717) is 0 Å². The normalized spacial score (nSPS) is 40.1. The van der Waals surface area contributed by atoms with Crippen LogP contribution in [-0.2, 0) is 0 Å². The van der Waals surface area contributed by atoms with Gasteiger partial charge in [-0.3, -0.25) is 4.90 Å². The van der Waals surface area contributed by atoms with E-state index < -0.39 is 0 Å². The zero-order chi connectivity index (χ0) is 9.54. The van der Waals surface area contributed by atoms with E-state index in [-0.39, 0.29) is 0 Å². The maximum absolute atomic E-state index is 3.62. The highest BCUT2D eigenvalue weighted by Gasteiger charge is 2.40. The van der Waals surface area contributed by atoms with E-state index in [1.54, 1.807) is 0 Å². The van der Waals surface area contributed by atoms with Crippen LogP contribution in [0.15, 0.2) is 0 Å². The minimum absolute atomic E-state index is 0.802. The molecule has 4 aliphatic rings. The Morgan fingerprint density at radius 1 is 1.14 bits per heavy atom. The van der Waals surface area contributed by atoms with Crippen molar-refractivity contribution in [3.63, 3.8) is 0 Å². The highest BCUT2D eigenvalue weighted by Crippen LogP contribution is 2.27. The second-order valence-electron chi connectivity index (χ2n) is 5.04. The van der Waals surface area contributed by atoms with E-state index in [4.69, 9.17) is 0 Å². The lowest BCUT2D eigenvalue weighted by atomic mass is 9.90. The van der Waals surface area contributed by atoms with Crippen molar-refractivity contribution < 1.29 is 0 Å². The summed E-state index contributed by atoms with van der Waals surface area (Å²) in [7, 11) is 0. The van der Waals surface area contributed by atoms with Gasteiger partial charge in [0.1, 0.15) is 0 Å². The van der Waals surface area contributed by atoms with Crippen LogP contribution in [0.3, 0.4) is 0 Å². The predicted octanol–water partition coefficient (Wildman–Crippen LogP) is 0.127. The zero-order valence-corrected chi connectivity index (χ0v) is 9.08. The van der Waals surface area contributed by atoms with E-state index in [2.05, 4.69) is 22.0 Å². The highest BCUT2D eigenvalue weighted by atomic mass is 15.4. The van der Waals surface area contributed by atoms with Crippen LogP contribution in [0.4, 0.5) is 0 Å². The van der Waals surface area contributed by atoms with Crippen LogP contribution in [0, 0.1) is 0 Å². The lowest BCUT2D eigenvalue weighted by molar-refractivity contribution is -0.0326. The Hall–Kier alpha value is -0.120. The van der Waals surface area contributed by atoms with Crippen molar-refractivity contribution in [3.8, 4) is 0 Å². The summed E-state index contributed by atoms with van der Waals surface area (Å²) in [4.78, 5) is 5.32. The van der Waals surface area contributed by atoms with Crippen molar-refractivity contribution in [1.82, 2.24) is 15.1 Å². The molecule has 0 aromatic carbocycles. The number of nitrogens with zero attached hydrogens (tertiary/aromatic N) is 2. The average Bonchev–Trinajstić information content (AvgIpc) is 2.18. The third kappa shape index (κ3) is 1.38. The van der Waals surface area contributed by atoms with E-state index >= 15 is 0 Å². The Kier molecular flexibility index (Phi) is 2.26. The molecule has 0 radical (unpaired) electrons. The fourth-order valence-corrected chi connectivity index (χ4v) is 3.20. The number of hydrogen-bond donors (Lipinski definition) is 1. The fourth-order valence-electron chi connectivity index (χ4n) is 3.20. The van der Waals surface area contributed by atoms with Crippen molar-refractivity contribution in [1.29, 1.82) is 0 Å². The number of rotatable bonds is 2. The second-order valence-corrected chi connectivity index (χ2v) is 5.04. The molecule has 0 spiro atoms. The molecule has 0 aliphatic carbocycles. The second kappa shape index (κ2) is 3.47. The van der Waals surface area contributed by atoms with Gasteiger partial charge in [-0.2, -0.15) is 0 Å². The smallest absolute Gasteiger partial charge is 0.0354 e. The highest BCUT2D eigenvalue weighted by molar-refractivity contribution is 4.99. The lowest BCUT2D eigenvalue weighted by Crippen LogP contribution is -2.69. The zero-order valence-electron chi connectivity index (χ0n) is 9.08. The molecule has 0 aromatic heterocycles. The molecule has 4 heterocycles. The average molecular weight is 195 g/mol. The summed E-state index contributed by atoms with van der Waals surface area (Å²) in [5, 5.41) is 3.62. The molecule has 2 bridgehead atoms. The van der Waals surface area contributed by atoms with Crippen molar-refractivity contribution >= 4 is 0 Å². The Bertz CT molecular complexity index is 205. The molecule has 3 nitrogen and oxygen atoms in total. The Labute approximate surface area is 86.4 Å². The van der Waals surface area contributed by atoms with Crippen LogP contribution in [0.2, 0.25) is 0 Å². The quantitative estimate of drug-likeness (QED) is 0.675. The van der Waals surface area contributed by atoms with Crippen LogP contribution in [0.25, 0.3) is 0 Å². The molecule has 0 amide bonds. The van der Waals surface area contributed by atoms with Gasteiger partial charge < -0.3 is 10.2 Å². The number of nitrogens with one attached hydrogen (secondary N) is 1. The summed E-state index contributed by atoms with van der Waals surface area (Å²) < 4.78 is 0. The topological polar surface area (TPSA) is 18.5 Å². The summed E-state index contributed by atoms with van der Waals surface area (Å²) >= 11 is 0. The largest absolute Gasteiger partial charge is 0.311 e. The van der Waals surface area contributed by atoms with Crippen LogP contribution in [0.1, 0.15) is 19.8 Å². The molecular formula is C11H21N3. The van der Waals surface area contributed by atoms with Gasteiger partial charge in [-0.1, -0.05) is 6.92 Å². The first kappa shape index (κ1) is 9.13. The number of hydrogen-bond acceptors (Lipinski definition) is 3. The van der Waals surface area contributed by atoms with Crippen molar-refractivity contribution in [2.75, 3.05) is 32.7 Å². The van der Waals surface area contributed by atoms with Crippen molar-refractivity contribution in [2.24, 2.45) is 0 Å². The molecule has 1 N–H and O–H groups in total. The standard InChI is InChI=1S/C11H21N3/c1-2-13-7-11(8-13)14-6-9-3-4-10(14)5-12-9/h9-12H,2-8H2,1H3. The number of piperidine rings is 2. The molecule has 0 saturated carbocycles. The van der Waals surface area contributed by atoms with Crippen LogP contribution in [0.5, 0.6) is 0 Å². The third-order valence-electron chi connectivity index (χ3n) is 4.24. The molecule has 2 unspecified atom stereocenters. The van der Waals surface area contributed by atoms with Gasteiger partial charge in [-0.05, 0) is 19.4 Å². The first-order valence-electron chi connectivity index (χ1n) is 6.08. The van der Waals surface area contributed by atoms with E-state index in [1.807, 2.05) is 0 Å². The SMILES string of the molecule is CCN1CC(N2CC3CCC2CN3)C1. The Morgan fingerprint density at radius 2 is 2.00 bits per heavy atom. The molecule has 4 rings (SSSR count). The fraction of sp³-hybridized carbons (Fsp3) is 1.00. The summed E-state index contributed by atoms with van der Waals surface area (Å²) in [6.07, 6.45) is 2.84. The maximum atomic E-state index is 3.62. The van der Waals surface area contributed by atoms with Crippen molar-refractivity contribution in [3.05, 3.63) is 0 Å². The predicted molar refractivity (Wildman–Crippen MR) is 57.4 cm³/mol. The molecule has 4 fully saturated rings. The van der Waals surface area contributed by atoms with Gasteiger partial charge in [0.05, 0.1) is 0 Å². The maximum Gasteiger partial charge on any atom is 0.0354 e. The van der Waals surface area contributed by atoms with Gasteiger partial charge >= 0.3 is 0 Å².